The number of nitrogens with one attached hydrogen (secondary N) is 1. The monoisotopic (exact) mass is 294 g/mol. The van der Waals surface area contributed by atoms with E-state index < -0.39 is 0 Å². The Labute approximate surface area is 109 Å². The van der Waals surface area contributed by atoms with Crippen molar-refractivity contribution in [1.82, 2.24) is 9.88 Å². The van der Waals surface area contributed by atoms with E-state index in [1.807, 2.05) is 36.9 Å². The van der Waals surface area contributed by atoms with Crippen LogP contribution in [0.5, 0.6) is 0 Å². The number of aromatic nitrogens is 1. The number of aromatic amines is 1. The van der Waals surface area contributed by atoms with Crippen LogP contribution < -0.4 is 0 Å². The zero-order valence-electron chi connectivity index (χ0n) is 9.96. The van der Waals surface area contributed by atoms with Crippen LogP contribution in [-0.2, 0) is 0 Å². The predicted molar refractivity (Wildman–Crippen MR) is 73.3 cm³/mol. The van der Waals surface area contributed by atoms with Gasteiger partial charge in [-0.1, -0.05) is 22.0 Å². The molecule has 0 radical (unpaired) electrons. The molecule has 0 saturated carbocycles. The van der Waals surface area contributed by atoms with E-state index >= 15 is 0 Å². The highest BCUT2D eigenvalue weighted by atomic mass is 79.9. The molecule has 4 heteroatoms. The largest absolute Gasteiger partial charge is 0.360 e. The van der Waals surface area contributed by atoms with Gasteiger partial charge in [0.25, 0.3) is 5.91 Å². The van der Waals surface area contributed by atoms with E-state index in [1.165, 1.54) is 0 Å². The van der Waals surface area contributed by atoms with Gasteiger partial charge < -0.3 is 9.88 Å². The van der Waals surface area contributed by atoms with Crippen LogP contribution in [0.25, 0.3) is 10.9 Å². The fourth-order valence-corrected chi connectivity index (χ4v) is 2.32. The van der Waals surface area contributed by atoms with Crippen LogP contribution >= 0.6 is 15.9 Å². The molecule has 1 aromatic carbocycles. The van der Waals surface area contributed by atoms with Crippen molar-refractivity contribution in [3.8, 4) is 0 Å². The van der Waals surface area contributed by atoms with Gasteiger partial charge in [-0.05, 0) is 26.0 Å². The van der Waals surface area contributed by atoms with Gasteiger partial charge in [0.15, 0.2) is 0 Å². The lowest BCUT2D eigenvalue weighted by Gasteiger charge is -2.17. The molecule has 17 heavy (non-hydrogen) atoms. The quantitative estimate of drug-likeness (QED) is 0.925. The van der Waals surface area contributed by atoms with Crippen molar-refractivity contribution in [3.63, 3.8) is 0 Å². The minimum absolute atomic E-state index is 0.0866. The standard InChI is InChI=1S/C13H15BrN2O/c1-3-16(4-2)13(17)11-8-15-12-7-9(14)5-6-10(11)12/h5-8,15H,3-4H2,1-2H3. The third kappa shape index (κ3) is 2.22. The van der Waals surface area contributed by atoms with E-state index in [2.05, 4.69) is 20.9 Å². The zero-order chi connectivity index (χ0) is 12.4. The molecule has 0 spiro atoms. The molecule has 1 N–H and O–H groups in total. The molecule has 90 valence electrons. The molecular weight excluding hydrogens is 280 g/mol. The van der Waals surface area contributed by atoms with Gasteiger partial charge >= 0.3 is 0 Å². The Morgan fingerprint density at radius 2 is 2.06 bits per heavy atom. The molecule has 0 aliphatic heterocycles. The summed E-state index contributed by atoms with van der Waals surface area (Å²) in [7, 11) is 0. The fraction of sp³-hybridized carbons (Fsp3) is 0.308. The van der Waals surface area contributed by atoms with Crippen molar-refractivity contribution in [2.75, 3.05) is 13.1 Å². The van der Waals surface area contributed by atoms with Gasteiger partial charge in [0.2, 0.25) is 0 Å². The highest BCUT2D eigenvalue weighted by Gasteiger charge is 2.16. The van der Waals surface area contributed by atoms with Crippen LogP contribution in [0.3, 0.4) is 0 Å². The van der Waals surface area contributed by atoms with Crippen LogP contribution in [0.4, 0.5) is 0 Å². The summed E-state index contributed by atoms with van der Waals surface area (Å²) in [6.07, 6.45) is 1.79. The molecule has 2 aromatic rings. The highest BCUT2D eigenvalue weighted by molar-refractivity contribution is 9.10. The van der Waals surface area contributed by atoms with Crippen LogP contribution in [0, 0.1) is 0 Å². The van der Waals surface area contributed by atoms with Crippen LogP contribution in [0.15, 0.2) is 28.9 Å². The Bertz CT molecular complexity index is 543. The SMILES string of the molecule is CCN(CC)C(=O)c1c[nH]c2cc(Br)ccc12. The van der Waals surface area contributed by atoms with Crippen LogP contribution in [0.2, 0.25) is 0 Å². The Hall–Kier alpha value is -1.29. The van der Waals surface area contributed by atoms with E-state index in [0.29, 0.717) is 0 Å². The first-order valence-electron chi connectivity index (χ1n) is 5.73. The third-order valence-electron chi connectivity index (χ3n) is 2.92. The van der Waals surface area contributed by atoms with E-state index in [0.717, 1.165) is 34.0 Å². The van der Waals surface area contributed by atoms with Crippen LogP contribution in [0.1, 0.15) is 24.2 Å². The van der Waals surface area contributed by atoms with Crippen molar-refractivity contribution in [1.29, 1.82) is 0 Å². The number of hydrogen-bond donors (Lipinski definition) is 1. The number of carbonyl (C=O) groups excluding carboxylic acids is 1. The molecule has 0 atom stereocenters. The first-order valence-corrected chi connectivity index (χ1v) is 6.52. The summed E-state index contributed by atoms with van der Waals surface area (Å²) in [6.45, 7) is 5.46. The van der Waals surface area contributed by atoms with Crippen molar-refractivity contribution in [2.24, 2.45) is 0 Å². The van der Waals surface area contributed by atoms with Gasteiger partial charge in [-0.25, -0.2) is 0 Å². The Balaban J connectivity index is 2.46. The maximum Gasteiger partial charge on any atom is 0.256 e. The molecule has 1 aromatic heterocycles. The summed E-state index contributed by atoms with van der Waals surface area (Å²) < 4.78 is 1.01. The molecule has 0 aliphatic carbocycles. The van der Waals surface area contributed by atoms with Crippen molar-refractivity contribution in [2.45, 2.75) is 13.8 Å². The molecular formula is C13H15BrN2O. The topological polar surface area (TPSA) is 36.1 Å². The summed E-state index contributed by atoms with van der Waals surface area (Å²) in [5.41, 5.74) is 1.73. The Kier molecular flexibility index (Phi) is 3.52. The van der Waals surface area contributed by atoms with Crippen molar-refractivity contribution >= 4 is 32.7 Å². The van der Waals surface area contributed by atoms with E-state index in [4.69, 9.17) is 0 Å². The number of rotatable bonds is 3. The van der Waals surface area contributed by atoms with Crippen LogP contribution in [-0.4, -0.2) is 28.9 Å². The van der Waals surface area contributed by atoms with E-state index in [9.17, 15) is 4.79 Å². The summed E-state index contributed by atoms with van der Waals surface area (Å²) in [6, 6.07) is 5.90. The number of nitrogens with zero attached hydrogens (tertiary/aromatic N) is 1. The number of carbonyl (C=O) groups is 1. The average Bonchev–Trinajstić information content (AvgIpc) is 2.73. The number of benzene rings is 1. The van der Waals surface area contributed by atoms with Gasteiger partial charge in [0.05, 0.1) is 5.56 Å². The lowest BCUT2D eigenvalue weighted by atomic mass is 10.1. The molecule has 2 rings (SSSR count). The first kappa shape index (κ1) is 12.2. The maximum atomic E-state index is 12.3. The van der Waals surface area contributed by atoms with Gasteiger partial charge in [-0.2, -0.15) is 0 Å². The lowest BCUT2D eigenvalue weighted by Crippen LogP contribution is -2.30. The number of amides is 1. The molecule has 1 amide bonds. The van der Waals surface area contributed by atoms with Crippen molar-refractivity contribution < 1.29 is 4.79 Å². The van der Waals surface area contributed by atoms with Gasteiger partial charge in [-0.15, -0.1) is 0 Å². The predicted octanol–water partition coefficient (Wildman–Crippen LogP) is 3.41. The normalized spacial score (nSPS) is 10.8. The van der Waals surface area contributed by atoms with Gasteiger partial charge in [-0.3, -0.25) is 4.79 Å². The maximum absolute atomic E-state index is 12.3. The second kappa shape index (κ2) is 4.92. The summed E-state index contributed by atoms with van der Waals surface area (Å²) >= 11 is 3.42. The minimum atomic E-state index is 0.0866. The number of halogens is 1. The number of H-pyrrole nitrogens is 1. The molecule has 0 saturated heterocycles. The van der Waals surface area contributed by atoms with Gasteiger partial charge in [0, 0.05) is 34.7 Å². The minimum Gasteiger partial charge on any atom is -0.360 e. The lowest BCUT2D eigenvalue weighted by molar-refractivity contribution is 0.0775. The Morgan fingerprint density at radius 1 is 1.35 bits per heavy atom. The summed E-state index contributed by atoms with van der Waals surface area (Å²) in [4.78, 5) is 17.2. The first-order chi connectivity index (χ1) is 8.17. The third-order valence-corrected chi connectivity index (χ3v) is 3.42. The summed E-state index contributed by atoms with van der Waals surface area (Å²) in [5, 5.41) is 0.977. The molecule has 3 nitrogen and oxygen atoms in total. The smallest absolute Gasteiger partial charge is 0.256 e. The summed E-state index contributed by atoms with van der Waals surface area (Å²) in [5.74, 6) is 0.0866. The molecule has 0 bridgehead atoms. The highest BCUT2D eigenvalue weighted by Crippen LogP contribution is 2.23. The second-order valence-corrected chi connectivity index (χ2v) is 4.79. The molecule has 0 fully saturated rings. The zero-order valence-corrected chi connectivity index (χ0v) is 11.5. The number of hydrogen-bond acceptors (Lipinski definition) is 1. The Morgan fingerprint density at radius 3 is 2.71 bits per heavy atom. The molecule has 1 heterocycles. The molecule has 0 unspecified atom stereocenters. The van der Waals surface area contributed by atoms with E-state index in [-0.39, 0.29) is 5.91 Å². The van der Waals surface area contributed by atoms with Crippen molar-refractivity contribution in [3.05, 3.63) is 34.4 Å². The second-order valence-electron chi connectivity index (χ2n) is 3.87. The average molecular weight is 295 g/mol. The fourth-order valence-electron chi connectivity index (χ4n) is 1.96. The molecule has 0 aliphatic rings. The number of fused-ring (bicyclic) bond motifs is 1. The van der Waals surface area contributed by atoms with Gasteiger partial charge in [0.1, 0.15) is 0 Å². The van der Waals surface area contributed by atoms with E-state index in [1.54, 1.807) is 6.20 Å².